The van der Waals surface area contributed by atoms with Crippen LogP contribution in [0, 0.1) is 0 Å². The van der Waals surface area contributed by atoms with Crippen LogP contribution >= 0.6 is 0 Å². The van der Waals surface area contributed by atoms with Gasteiger partial charge in [-0.05, 0) is 119 Å². The van der Waals surface area contributed by atoms with E-state index in [-0.39, 0.29) is 6.04 Å². The van der Waals surface area contributed by atoms with Crippen LogP contribution < -0.4 is 5.32 Å². The molecular formula is C61H40N4. The van der Waals surface area contributed by atoms with Crippen LogP contribution in [0.1, 0.15) is 22.7 Å². The highest BCUT2D eigenvalue weighted by molar-refractivity contribution is 6.23. The fourth-order valence-electron chi connectivity index (χ4n) is 10.4. The third-order valence-corrected chi connectivity index (χ3v) is 13.3. The Morgan fingerprint density at radius 2 is 1.00 bits per heavy atom. The largest absolute Gasteiger partial charge is 0.359 e. The number of pyridine rings is 1. The highest BCUT2D eigenvalue weighted by Crippen LogP contribution is 2.45. The lowest BCUT2D eigenvalue weighted by molar-refractivity contribution is 0.781. The molecule has 2 aromatic heterocycles. The summed E-state index contributed by atoms with van der Waals surface area (Å²) in [6, 6.07) is 76.7. The minimum absolute atomic E-state index is 0.0802. The van der Waals surface area contributed by atoms with Gasteiger partial charge in [0.15, 0.2) is 0 Å². The molecule has 65 heavy (non-hydrogen) atoms. The molecule has 0 bridgehead atoms. The quantitative estimate of drug-likeness (QED) is 0.134. The van der Waals surface area contributed by atoms with Gasteiger partial charge in [-0.1, -0.05) is 170 Å². The zero-order valence-corrected chi connectivity index (χ0v) is 35.4. The number of hydrogen-bond acceptors (Lipinski definition) is 3. The molecule has 3 heterocycles. The number of hydrogen-bond donors (Lipinski definition) is 1. The summed E-state index contributed by atoms with van der Waals surface area (Å²) in [5.41, 5.74) is 12.5. The molecular weight excluding hydrogens is 789 g/mol. The number of fused-ring (bicyclic) bond motifs is 8. The van der Waals surface area contributed by atoms with Crippen molar-refractivity contribution in [3.8, 4) is 27.9 Å². The predicted octanol–water partition coefficient (Wildman–Crippen LogP) is 15.3. The normalized spacial score (nSPS) is 14.0. The first-order valence-corrected chi connectivity index (χ1v) is 22.3. The monoisotopic (exact) mass is 828 g/mol. The van der Waals surface area contributed by atoms with E-state index in [0.717, 1.165) is 50.3 Å². The number of aliphatic imine (C=N–C) groups is 1. The zero-order chi connectivity index (χ0) is 42.8. The molecule has 0 saturated heterocycles. The Morgan fingerprint density at radius 1 is 0.415 bits per heavy atom. The molecule has 0 radical (unpaired) electrons. The van der Waals surface area contributed by atoms with Crippen LogP contribution in [-0.4, -0.2) is 15.4 Å². The summed E-state index contributed by atoms with van der Waals surface area (Å²) in [5, 5.41) is 15.9. The van der Waals surface area contributed by atoms with Crippen LogP contribution in [0.3, 0.4) is 0 Å². The van der Waals surface area contributed by atoms with Gasteiger partial charge < -0.3 is 9.88 Å². The molecule has 1 N–H and O–H groups in total. The van der Waals surface area contributed by atoms with Gasteiger partial charge in [-0.2, -0.15) is 0 Å². The molecule has 1 aliphatic rings. The van der Waals surface area contributed by atoms with E-state index in [1.54, 1.807) is 0 Å². The molecule has 10 aromatic carbocycles. The number of nitrogens with one attached hydrogen (secondary N) is 1. The first-order chi connectivity index (χ1) is 32.2. The number of amidine groups is 1. The summed E-state index contributed by atoms with van der Waals surface area (Å²) in [6.45, 7) is 0. The molecule has 0 spiro atoms. The summed E-state index contributed by atoms with van der Waals surface area (Å²) in [7, 11) is 0. The van der Waals surface area contributed by atoms with Gasteiger partial charge in [-0.25, -0.2) is 4.99 Å². The molecule has 304 valence electrons. The third-order valence-electron chi connectivity index (χ3n) is 13.3. The number of aromatic nitrogens is 2. The van der Waals surface area contributed by atoms with Crippen LogP contribution in [0.25, 0.3) is 98.5 Å². The highest BCUT2D eigenvalue weighted by Gasteiger charge is 2.23. The van der Waals surface area contributed by atoms with E-state index >= 15 is 0 Å². The highest BCUT2D eigenvalue weighted by atomic mass is 15.0. The van der Waals surface area contributed by atoms with Crippen molar-refractivity contribution in [3.05, 3.63) is 247 Å². The lowest BCUT2D eigenvalue weighted by Gasteiger charge is -2.25. The van der Waals surface area contributed by atoms with Gasteiger partial charge in [-0.15, -0.1) is 0 Å². The molecule has 1 unspecified atom stereocenters. The first kappa shape index (κ1) is 37.0. The average Bonchev–Trinajstić information content (AvgIpc) is 3.71. The van der Waals surface area contributed by atoms with Crippen LogP contribution in [-0.2, 0) is 0 Å². The summed E-state index contributed by atoms with van der Waals surface area (Å²) in [4.78, 5) is 10.1. The van der Waals surface area contributed by atoms with Crippen molar-refractivity contribution >= 4 is 76.4 Å². The van der Waals surface area contributed by atoms with E-state index in [0.29, 0.717) is 0 Å². The summed E-state index contributed by atoms with van der Waals surface area (Å²) < 4.78 is 2.35. The molecule has 1 atom stereocenters. The molecule has 0 amide bonds. The lowest BCUT2D eigenvalue weighted by atomic mass is 9.85. The number of nitrogens with zero attached hydrogens (tertiary/aromatic N) is 3. The third kappa shape index (κ3) is 6.06. The number of benzene rings is 10. The standard InChI is InChI=1S/C61H40N4/c1-3-16-39(17-4-1)55-37-56(52-35-40-18-7-8-23-45(40)46-24-9-10-25-47(46)52)64-61(63-55)43-20-15-19-41(34-43)59-48-26-11-13-28-50(48)60(51-29-14-12-27-49(51)59)42-30-31-57-53(36-42)54-38-62-33-32-58(54)65(57)44-21-5-2-6-22-44/h1-38,55H,(H,63,64). The second kappa shape index (κ2) is 15.0. The second-order valence-electron chi connectivity index (χ2n) is 17.0. The Bertz CT molecular complexity index is 3860. The van der Waals surface area contributed by atoms with Gasteiger partial charge in [0.05, 0.1) is 22.8 Å². The molecule has 4 nitrogen and oxygen atoms in total. The maximum Gasteiger partial charge on any atom is 0.134 e. The Kier molecular flexibility index (Phi) is 8.56. The molecule has 0 aliphatic carbocycles. The van der Waals surface area contributed by atoms with Crippen molar-refractivity contribution in [2.75, 3.05) is 0 Å². The second-order valence-corrected chi connectivity index (χ2v) is 17.0. The van der Waals surface area contributed by atoms with Crippen LogP contribution in [0.2, 0.25) is 0 Å². The van der Waals surface area contributed by atoms with E-state index in [2.05, 4.69) is 233 Å². The van der Waals surface area contributed by atoms with Crippen LogP contribution in [0.4, 0.5) is 0 Å². The van der Waals surface area contributed by atoms with E-state index in [9.17, 15) is 0 Å². The van der Waals surface area contributed by atoms with Crippen molar-refractivity contribution in [3.63, 3.8) is 0 Å². The van der Waals surface area contributed by atoms with Crippen molar-refractivity contribution < 1.29 is 0 Å². The molecule has 0 saturated carbocycles. The fourth-order valence-corrected chi connectivity index (χ4v) is 10.4. The van der Waals surface area contributed by atoms with Crippen LogP contribution in [0.5, 0.6) is 0 Å². The predicted molar refractivity (Wildman–Crippen MR) is 273 cm³/mol. The molecule has 0 fully saturated rings. The van der Waals surface area contributed by atoms with E-state index < -0.39 is 0 Å². The van der Waals surface area contributed by atoms with Crippen molar-refractivity contribution in [1.29, 1.82) is 0 Å². The van der Waals surface area contributed by atoms with Gasteiger partial charge in [-0.3, -0.25) is 4.98 Å². The van der Waals surface area contributed by atoms with E-state index in [1.165, 1.54) is 70.7 Å². The number of para-hydroxylation sites is 1. The maximum absolute atomic E-state index is 5.50. The smallest absolute Gasteiger partial charge is 0.134 e. The van der Waals surface area contributed by atoms with E-state index in [4.69, 9.17) is 4.99 Å². The molecule has 13 rings (SSSR count). The fraction of sp³-hybridized carbons (Fsp3) is 0.0164. The Labute approximate surface area is 376 Å². The van der Waals surface area contributed by atoms with Gasteiger partial charge in [0.1, 0.15) is 5.84 Å². The minimum atomic E-state index is -0.0802. The Hall–Kier alpha value is -8.60. The SMILES string of the molecule is C1=C(c2cc3ccccc3c3ccccc23)N=C(c2cccc(-c3c4ccccc4c(-c4ccc5c(c4)c4cnccc4n5-c4ccccc4)c4ccccc34)c2)NC1c1ccccc1. The molecule has 12 aromatic rings. The Morgan fingerprint density at radius 3 is 1.72 bits per heavy atom. The summed E-state index contributed by atoms with van der Waals surface area (Å²) in [6.07, 6.45) is 6.17. The summed E-state index contributed by atoms with van der Waals surface area (Å²) in [5.74, 6) is 0.845. The van der Waals surface area contributed by atoms with E-state index in [1.807, 2.05) is 12.4 Å². The maximum atomic E-state index is 5.50. The minimum Gasteiger partial charge on any atom is -0.359 e. The zero-order valence-electron chi connectivity index (χ0n) is 35.4. The lowest BCUT2D eigenvalue weighted by Crippen LogP contribution is -2.31. The van der Waals surface area contributed by atoms with Gasteiger partial charge >= 0.3 is 0 Å². The van der Waals surface area contributed by atoms with Gasteiger partial charge in [0, 0.05) is 40.0 Å². The number of rotatable bonds is 6. The first-order valence-electron chi connectivity index (χ1n) is 22.3. The van der Waals surface area contributed by atoms with Gasteiger partial charge in [0.2, 0.25) is 0 Å². The molecule has 1 aliphatic heterocycles. The van der Waals surface area contributed by atoms with Crippen LogP contribution in [0.15, 0.2) is 236 Å². The molecule has 4 heteroatoms. The van der Waals surface area contributed by atoms with Gasteiger partial charge in [0.25, 0.3) is 0 Å². The van der Waals surface area contributed by atoms with Crippen molar-refractivity contribution in [2.24, 2.45) is 4.99 Å². The Balaban J connectivity index is 0.987. The van der Waals surface area contributed by atoms with Crippen molar-refractivity contribution in [2.45, 2.75) is 6.04 Å². The summed E-state index contributed by atoms with van der Waals surface area (Å²) >= 11 is 0. The average molecular weight is 829 g/mol. The van der Waals surface area contributed by atoms with Crippen molar-refractivity contribution in [1.82, 2.24) is 14.9 Å². The topological polar surface area (TPSA) is 42.2 Å².